The highest BCUT2D eigenvalue weighted by Crippen LogP contribution is 2.53. The second kappa shape index (κ2) is 20.2. The van der Waals surface area contributed by atoms with Gasteiger partial charge in [-0.05, 0) is 162 Å². The molecule has 1 aliphatic rings. The molecule has 1 aliphatic carbocycles. The Morgan fingerprint density at radius 3 is 0.649 bits per heavy atom. The van der Waals surface area contributed by atoms with E-state index in [0.29, 0.717) is 0 Å². The lowest BCUT2D eigenvalue weighted by Crippen LogP contribution is -2.17. The first kappa shape index (κ1) is 47.0. The quantitative estimate of drug-likeness (QED) is 0.120. The molecule has 0 aromatic heterocycles. The summed E-state index contributed by atoms with van der Waals surface area (Å²) >= 11 is 0. The third kappa shape index (κ3) is 9.21. The number of benzene rings is 12. The molecule has 0 saturated heterocycles. The van der Waals surface area contributed by atoms with Crippen molar-refractivity contribution < 1.29 is 0 Å². The number of hydrogen-bond acceptors (Lipinski definition) is 2. The number of anilines is 6. The first-order valence-electron chi connectivity index (χ1n) is 26.6. The van der Waals surface area contributed by atoms with Crippen LogP contribution in [0.4, 0.5) is 34.1 Å². The normalized spacial score (nSPS) is 12.1. The second-order valence-corrected chi connectivity index (χ2v) is 20.6. The van der Waals surface area contributed by atoms with Crippen LogP contribution in [0.25, 0.3) is 77.9 Å². The van der Waals surface area contributed by atoms with Crippen molar-refractivity contribution in [2.24, 2.45) is 0 Å². The molecule has 0 saturated carbocycles. The van der Waals surface area contributed by atoms with Gasteiger partial charge in [-0.2, -0.15) is 0 Å². The summed E-state index contributed by atoms with van der Waals surface area (Å²) in [6.07, 6.45) is 0. The van der Waals surface area contributed by atoms with Crippen molar-refractivity contribution in [3.63, 3.8) is 0 Å². The SMILES string of the molecule is CC1(C)c2cc(N(c3ccccc3)c3ccc(-c4ccc(-c5ccccc5)cc4)cc3)ccc2-c2ccc(N(c3ccc(-c4ccc(-c5ccccc5)cc4)cc3)c3ccc(-c4ccc(-c5ccccc5)cc4)cc3)cc21. The zero-order chi connectivity index (χ0) is 51.7. The molecule has 12 aromatic carbocycles. The van der Waals surface area contributed by atoms with Crippen LogP contribution in [0, 0.1) is 0 Å². The third-order valence-corrected chi connectivity index (χ3v) is 15.5. The van der Waals surface area contributed by atoms with E-state index in [-0.39, 0.29) is 5.41 Å². The molecule has 0 radical (unpaired) electrons. The summed E-state index contributed by atoms with van der Waals surface area (Å²) in [6.45, 7) is 4.77. The van der Waals surface area contributed by atoms with E-state index in [4.69, 9.17) is 0 Å². The lowest BCUT2D eigenvalue weighted by Gasteiger charge is -2.29. The van der Waals surface area contributed by atoms with E-state index in [2.05, 4.69) is 327 Å². The molecule has 12 aromatic rings. The molecule has 0 spiro atoms. The van der Waals surface area contributed by atoms with Crippen molar-refractivity contribution in [3.8, 4) is 77.9 Å². The maximum Gasteiger partial charge on any atom is 0.0465 e. The molecule has 366 valence electrons. The summed E-state index contributed by atoms with van der Waals surface area (Å²) in [4.78, 5) is 4.80. The minimum atomic E-state index is -0.286. The lowest BCUT2D eigenvalue weighted by atomic mass is 9.82. The van der Waals surface area contributed by atoms with Crippen LogP contribution in [0.3, 0.4) is 0 Å². The maximum atomic E-state index is 2.43. The van der Waals surface area contributed by atoms with Crippen LogP contribution in [-0.2, 0) is 5.41 Å². The average Bonchev–Trinajstić information content (AvgIpc) is 3.90. The molecule has 0 N–H and O–H groups in total. The van der Waals surface area contributed by atoms with E-state index in [0.717, 1.165) is 34.1 Å². The minimum absolute atomic E-state index is 0.286. The Kier molecular flexibility index (Phi) is 12.3. The number of fused-ring (bicyclic) bond motifs is 3. The monoisotopic (exact) mass is 984 g/mol. The third-order valence-electron chi connectivity index (χ3n) is 15.5. The Bertz CT molecular complexity index is 3840. The highest BCUT2D eigenvalue weighted by molar-refractivity contribution is 5.89. The Morgan fingerprint density at radius 1 is 0.195 bits per heavy atom. The average molecular weight is 985 g/mol. The fraction of sp³-hybridized carbons (Fsp3) is 0.0400. The number of hydrogen-bond donors (Lipinski definition) is 0. The van der Waals surface area contributed by atoms with E-state index in [1.807, 2.05) is 0 Å². The highest BCUT2D eigenvalue weighted by Gasteiger charge is 2.37. The summed E-state index contributed by atoms with van der Waals surface area (Å²) < 4.78 is 0. The van der Waals surface area contributed by atoms with Crippen LogP contribution in [0.1, 0.15) is 25.0 Å². The molecule has 0 aliphatic heterocycles. The molecule has 2 heteroatoms. The molecule has 0 heterocycles. The Morgan fingerprint density at radius 2 is 0.390 bits per heavy atom. The summed E-state index contributed by atoms with van der Waals surface area (Å²) in [5, 5.41) is 0. The summed E-state index contributed by atoms with van der Waals surface area (Å²) in [5.41, 5.74) is 26.0. The van der Waals surface area contributed by atoms with Crippen LogP contribution >= 0.6 is 0 Å². The number of nitrogens with zero attached hydrogens (tertiary/aromatic N) is 2. The van der Waals surface area contributed by atoms with Crippen molar-refractivity contribution in [3.05, 3.63) is 314 Å². The standard InChI is InChI=1S/C75H56N2/c1-75(2)73-51-69(76(65-21-13-6-14-22-65)66-41-35-62(36-42-66)59-29-23-56(24-30-59)53-15-7-3-8-16-53)47-49-71(73)72-50-48-70(52-74(72)75)77(67-43-37-63(38-44-67)60-31-25-57(26-32-60)54-17-9-4-10-18-54)68-45-39-64(40-46-68)61-33-27-58(28-34-61)55-19-11-5-12-20-55/h3-52H,1-2H3. The molecule has 0 fully saturated rings. The molecule has 13 rings (SSSR count). The minimum Gasteiger partial charge on any atom is -0.310 e. The molecule has 0 amide bonds. The Balaban J connectivity index is 0.831. The first-order valence-corrected chi connectivity index (χ1v) is 26.6. The van der Waals surface area contributed by atoms with Gasteiger partial charge in [-0.25, -0.2) is 0 Å². The first-order chi connectivity index (χ1) is 37.9. The van der Waals surface area contributed by atoms with Gasteiger partial charge < -0.3 is 9.80 Å². The van der Waals surface area contributed by atoms with Crippen LogP contribution in [0.5, 0.6) is 0 Å². The van der Waals surface area contributed by atoms with Gasteiger partial charge in [0.1, 0.15) is 0 Å². The summed E-state index contributed by atoms with van der Waals surface area (Å²) in [7, 11) is 0. The smallest absolute Gasteiger partial charge is 0.0465 e. The molecule has 0 atom stereocenters. The van der Waals surface area contributed by atoms with Crippen molar-refractivity contribution in [2.75, 3.05) is 9.80 Å². The molecule has 77 heavy (non-hydrogen) atoms. The van der Waals surface area contributed by atoms with E-state index in [1.165, 1.54) is 89.0 Å². The van der Waals surface area contributed by atoms with Gasteiger partial charge in [0.25, 0.3) is 0 Å². The van der Waals surface area contributed by atoms with Crippen LogP contribution in [0.15, 0.2) is 303 Å². The predicted molar refractivity (Wildman–Crippen MR) is 326 cm³/mol. The van der Waals surface area contributed by atoms with E-state index in [9.17, 15) is 0 Å². The molecular weight excluding hydrogens is 929 g/mol. The van der Waals surface area contributed by atoms with Crippen LogP contribution in [-0.4, -0.2) is 0 Å². The number of rotatable bonds is 12. The van der Waals surface area contributed by atoms with Crippen LogP contribution < -0.4 is 9.80 Å². The molecule has 2 nitrogen and oxygen atoms in total. The van der Waals surface area contributed by atoms with Gasteiger partial charge in [-0.1, -0.05) is 244 Å². The van der Waals surface area contributed by atoms with Gasteiger partial charge in [0, 0.05) is 39.5 Å². The zero-order valence-electron chi connectivity index (χ0n) is 43.3. The van der Waals surface area contributed by atoms with Gasteiger partial charge in [0.2, 0.25) is 0 Å². The van der Waals surface area contributed by atoms with E-state index >= 15 is 0 Å². The Labute approximate surface area is 453 Å². The highest BCUT2D eigenvalue weighted by atomic mass is 15.1. The topological polar surface area (TPSA) is 6.48 Å². The molecule has 0 bridgehead atoms. The van der Waals surface area contributed by atoms with Crippen LogP contribution in [0.2, 0.25) is 0 Å². The second-order valence-electron chi connectivity index (χ2n) is 20.6. The molecule has 0 unspecified atom stereocenters. The largest absolute Gasteiger partial charge is 0.310 e. The predicted octanol–water partition coefficient (Wildman–Crippen LogP) is 20.9. The molecular formula is C75H56N2. The zero-order valence-corrected chi connectivity index (χ0v) is 43.3. The Hall–Kier alpha value is -9.76. The summed E-state index contributed by atoms with van der Waals surface area (Å²) in [6, 6.07) is 110. The fourth-order valence-electron chi connectivity index (χ4n) is 11.3. The van der Waals surface area contributed by atoms with E-state index in [1.54, 1.807) is 0 Å². The van der Waals surface area contributed by atoms with Gasteiger partial charge >= 0.3 is 0 Å². The van der Waals surface area contributed by atoms with Gasteiger partial charge in [-0.15, -0.1) is 0 Å². The maximum absolute atomic E-state index is 2.43. The van der Waals surface area contributed by atoms with Crippen molar-refractivity contribution in [1.82, 2.24) is 0 Å². The number of para-hydroxylation sites is 1. The van der Waals surface area contributed by atoms with E-state index < -0.39 is 0 Å². The van der Waals surface area contributed by atoms with Crippen molar-refractivity contribution in [1.29, 1.82) is 0 Å². The summed E-state index contributed by atoms with van der Waals surface area (Å²) in [5.74, 6) is 0. The van der Waals surface area contributed by atoms with Gasteiger partial charge in [0.05, 0.1) is 0 Å². The van der Waals surface area contributed by atoms with Gasteiger partial charge in [-0.3, -0.25) is 0 Å². The lowest BCUT2D eigenvalue weighted by molar-refractivity contribution is 0.660. The van der Waals surface area contributed by atoms with Crippen molar-refractivity contribution >= 4 is 34.1 Å². The van der Waals surface area contributed by atoms with Crippen molar-refractivity contribution in [2.45, 2.75) is 19.3 Å². The van der Waals surface area contributed by atoms with Gasteiger partial charge in [0.15, 0.2) is 0 Å². The fourth-order valence-corrected chi connectivity index (χ4v) is 11.3.